The van der Waals surface area contributed by atoms with Crippen molar-refractivity contribution in [3.05, 3.63) is 116 Å². The van der Waals surface area contributed by atoms with E-state index < -0.39 is 6.04 Å². The van der Waals surface area contributed by atoms with Crippen LogP contribution in [0, 0.1) is 13.8 Å². The number of hydrogen-bond donors (Lipinski definition) is 0. The molecule has 0 N–H and O–H groups in total. The third-order valence-corrected chi connectivity index (χ3v) is 7.19. The average Bonchev–Trinajstić information content (AvgIpc) is 3.17. The average molecular weight is 530 g/mol. The number of hydrogen-bond acceptors (Lipinski definition) is 5. The van der Waals surface area contributed by atoms with Crippen LogP contribution < -0.4 is 14.9 Å². The molecule has 0 saturated heterocycles. The van der Waals surface area contributed by atoms with Crippen molar-refractivity contribution in [1.29, 1.82) is 0 Å². The largest absolute Gasteiger partial charge is 0.490 e. The van der Waals surface area contributed by atoms with Crippen LogP contribution in [0.2, 0.25) is 5.02 Å². The fourth-order valence-electron chi connectivity index (χ4n) is 4.83. The van der Waals surface area contributed by atoms with Crippen molar-refractivity contribution in [2.24, 2.45) is 0 Å². The minimum Gasteiger partial charge on any atom is -0.490 e. The molecule has 0 fully saturated rings. The van der Waals surface area contributed by atoms with Crippen LogP contribution in [0.5, 0.6) is 11.5 Å². The lowest BCUT2D eigenvalue weighted by Crippen LogP contribution is -2.29. The van der Waals surface area contributed by atoms with Gasteiger partial charge in [-0.15, -0.1) is 0 Å². The summed E-state index contributed by atoms with van der Waals surface area (Å²) in [7, 11) is 0. The van der Waals surface area contributed by atoms with E-state index in [9.17, 15) is 9.59 Å². The van der Waals surface area contributed by atoms with Gasteiger partial charge in [0.15, 0.2) is 16.9 Å². The monoisotopic (exact) mass is 529 g/mol. The highest BCUT2D eigenvalue weighted by atomic mass is 35.5. The van der Waals surface area contributed by atoms with Gasteiger partial charge in [0, 0.05) is 11.6 Å². The van der Waals surface area contributed by atoms with E-state index in [4.69, 9.17) is 25.5 Å². The number of halogens is 1. The summed E-state index contributed by atoms with van der Waals surface area (Å²) >= 11 is 6.47. The molecule has 0 radical (unpaired) electrons. The maximum Gasteiger partial charge on any atom is 0.291 e. The lowest BCUT2D eigenvalue weighted by atomic mass is 9.97. The first kappa shape index (κ1) is 25.6. The first-order chi connectivity index (χ1) is 18.3. The lowest BCUT2D eigenvalue weighted by Gasteiger charge is -2.26. The van der Waals surface area contributed by atoms with Crippen molar-refractivity contribution in [3.63, 3.8) is 0 Å². The van der Waals surface area contributed by atoms with Crippen LogP contribution in [0.1, 0.15) is 51.3 Å². The molecular formula is C31H28ClNO5. The van der Waals surface area contributed by atoms with Gasteiger partial charge in [0.2, 0.25) is 5.76 Å². The van der Waals surface area contributed by atoms with E-state index in [-0.39, 0.29) is 23.6 Å². The molecule has 1 amide bonds. The normalized spacial score (nSPS) is 14.6. The van der Waals surface area contributed by atoms with Crippen LogP contribution in [-0.4, -0.2) is 24.0 Å². The number of fused-ring (bicyclic) bond motifs is 2. The van der Waals surface area contributed by atoms with E-state index in [0.29, 0.717) is 51.8 Å². The van der Waals surface area contributed by atoms with Crippen molar-refractivity contribution >= 4 is 28.5 Å². The van der Waals surface area contributed by atoms with Crippen LogP contribution in [-0.2, 0) is 6.54 Å². The number of carbonyl (C=O) groups excluding carboxylic acids is 1. The molecular weight excluding hydrogens is 502 g/mol. The Hall–Kier alpha value is -4.03. The number of ether oxygens (including phenoxy) is 2. The van der Waals surface area contributed by atoms with E-state index in [1.54, 1.807) is 23.1 Å². The molecule has 0 spiro atoms. The third kappa shape index (κ3) is 4.45. The molecule has 5 rings (SSSR count). The highest BCUT2D eigenvalue weighted by Gasteiger charge is 2.43. The standard InChI is InChI=1S/C31H28ClNO5/c1-5-13-37-24-12-11-20(16-26(24)36-6-2)28-27-29(34)22-14-18(3)19(4)15-25(22)38-30(27)31(35)33(28)17-21-9-7-8-10-23(21)32/h5,7-12,14-16,28H,1,6,13,17H2,2-4H3. The molecule has 6 nitrogen and oxygen atoms in total. The number of nitrogens with zero attached hydrogens (tertiary/aromatic N) is 1. The topological polar surface area (TPSA) is 69.0 Å². The SMILES string of the molecule is C=CCOc1ccc(C2c3c(oc4cc(C)c(C)cc4c3=O)C(=O)N2Cc2ccccc2Cl)cc1OCC. The zero-order valence-electron chi connectivity index (χ0n) is 21.5. The second-order valence-corrected chi connectivity index (χ2v) is 9.68. The maximum absolute atomic E-state index is 14.0. The number of aryl methyl sites for hydroxylation is 2. The lowest BCUT2D eigenvalue weighted by molar-refractivity contribution is 0.0714. The Balaban J connectivity index is 1.72. The Bertz CT molecular complexity index is 1620. The van der Waals surface area contributed by atoms with E-state index >= 15 is 0 Å². The molecule has 1 atom stereocenters. The first-order valence-corrected chi connectivity index (χ1v) is 12.8. The summed E-state index contributed by atoms with van der Waals surface area (Å²) in [6, 6.07) is 15.7. The molecule has 1 aliphatic rings. The molecule has 1 aromatic heterocycles. The van der Waals surface area contributed by atoms with Gasteiger partial charge in [-0.3, -0.25) is 9.59 Å². The fraction of sp³-hybridized carbons (Fsp3) is 0.226. The number of amides is 1. The highest BCUT2D eigenvalue weighted by molar-refractivity contribution is 6.31. The van der Waals surface area contributed by atoms with Crippen molar-refractivity contribution in [2.45, 2.75) is 33.4 Å². The number of rotatable bonds is 8. The second kappa shape index (κ2) is 10.4. The zero-order chi connectivity index (χ0) is 27.0. The summed E-state index contributed by atoms with van der Waals surface area (Å²) in [5.74, 6) is 0.747. The zero-order valence-corrected chi connectivity index (χ0v) is 22.3. The van der Waals surface area contributed by atoms with E-state index in [1.807, 2.05) is 63.2 Å². The van der Waals surface area contributed by atoms with E-state index in [2.05, 4.69) is 6.58 Å². The quantitative estimate of drug-likeness (QED) is 0.235. The third-order valence-electron chi connectivity index (χ3n) is 6.82. The van der Waals surface area contributed by atoms with Gasteiger partial charge in [0.1, 0.15) is 12.2 Å². The molecule has 0 bridgehead atoms. The van der Waals surface area contributed by atoms with E-state index in [1.165, 1.54) is 0 Å². The van der Waals surface area contributed by atoms with Gasteiger partial charge in [-0.25, -0.2) is 0 Å². The van der Waals surface area contributed by atoms with Gasteiger partial charge >= 0.3 is 0 Å². The van der Waals surface area contributed by atoms with Gasteiger partial charge in [0.25, 0.3) is 5.91 Å². The Morgan fingerprint density at radius 3 is 2.53 bits per heavy atom. The molecule has 4 aromatic rings. The highest BCUT2D eigenvalue weighted by Crippen LogP contribution is 2.42. The van der Waals surface area contributed by atoms with Crippen LogP contribution >= 0.6 is 11.6 Å². The molecule has 3 aromatic carbocycles. The van der Waals surface area contributed by atoms with Crippen LogP contribution in [0.15, 0.2) is 76.5 Å². The minimum absolute atomic E-state index is 0.0488. The summed E-state index contributed by atoms with van der Waals surface area (Å²) in [4.78, 5) is 29.4. The van der Waals surface area contributed by atoms with Gasteiger partial charge < -0.3 is 18.8 Å². The Morgan fingerprint density at radius 1 is 1.03 bits per heavy atom. The summed E-state index contributed by atoms with van der Waals surface area (Å²) in [6.45, 7) is 10.4. The molecule has 0 aliphatic carbocycles. The predicted molar refractivity (Wildman–Crippen MR) is 148 cm³/mol. The van der Waals surface area contributed by atoms with Crippen LogP contribution in [0.25, 0.3) is 11.0 Å². The molecule has 2 heterocycles. The minimum atomic E-state index is -0.705. The predicted octanol–water partition coefficient (Wildman–Crippen LogP) is 6.77. The molecule has 1 aliphatic heterocycles. The Labute approximate surface area is 226 Å². The summed E-state index contributed by atoms with van der Waals surface area (Å²) in [5, 5.41) is 0.981. The van der Waals surface area contributed by atoms with E-state index in [0.717, 1.165) is 16.7 Å². The second-order valence-electron chi connectivity index (χ2n) is 9.27. The molecule has 1 unspecified atom stereocenters. The summed E-state index contributed by atoms with van der Waals surface area (Å²) in [6.07, 6.45) is 1.65. The van der Waals surface area contributed by atoms with Gasteiger partial charge in [-0.1, -0.05) is 48.5 Å². The van der Waals surface area contributed by atoms with Crippen molar-refractivity contribution < 1.29 is 18.7 Å². The summed E-state index contributed by atoms with van der Waals surface area (Å²) < 4.78 is 17.8. The molecule has 0 saturated carbocycles. The number of carbonyl (C=O) groups is 1. The van der Waals surface area contributed by atoms with Gasteiger partial charge in [-0.2, -0.15) is 0 Å². The summed E-state index contributed by atoms with van der Waals surface area (Å²) in [5.41, 5.74) is 3.89. The molecule has 194 valence electrons. The first-order valence-electron chi connectivity index (χ1n) is 12.5. The van der Waals surface area contributed by atoms with Gasteiger partial charge in [-0.05, 0) is 73.4 Å². The maximum atomic E-state index is 14.0. The fourth-order valence-corrected chi connectivity index (χ4v) is 5.02. The van der Waals surface area contributed by atoms with Crippen molar-refractivity contribution in [1.82, 2.24) is 4.90 Å². The number of benzene rings is 3. The van der Waals surface area contributed by atoms with Gasteiger partial charge in [0.05, 0.1) is 23.6 Å². The van der Waals surface area contributed by atoms with Crippen LogP contribution in [0.3, 0.4) is 0 Å². The van der Waals surface area contributed by atoms with Crippen LogP contribution in [0.4, 0.5) is 0 Å². The Kier molecular flexibility index (Phi) is 7.00. The molecule has 38 heavy (non-hydrogen) atoms. The van der Waals surface area contributed by atoms with Crippen molar-refractivity contribution in [2.75, 3.05) is 13.2 Å². The van der Waals surface area contributed by atoms with Crippen molar-refractivity contribution in [3.8, 4) is 11.5 Å². The molecule has 7 heteroatoms. The smallest absolute Gasteiger partial charge is 0.291 e. The Morgan fingerprint density at radius 2 is 1.79 bits per heavy atom.